The Morgan fingerprint density at radius 2 is 2.06 bits per heavy atom. The van der Waals surface area contributed by atoms with Crippen LogP contribution in [-0.2, 0) is 10.0 Å². The molecule has 0 aliphatic carbocycles. The first-order valence-electron chi connectivity index (χ1n) is 5.91. The van der Waals surface area contributed by atoms with Crippen molar-refractivity contribution >= 4 is 15.9 Å². The van der Waals surface area contributed by atoms with Gasteiger partial charge in [-0.2, -0.15) is 0 Å². The highest BCUT2D eigenvalue weighted by Gasteiger charge is 2.38. The highest BCUT2D eigenvalue weighted by Crippen LogP contribution is 2.33. The second-order valence-electron chi connectivity index (χ2n) is 4.99. The SMILES string of the molecule is CC1=N[C@@H](C)C(C)=C2C[C@H](N(O)S(C)(=O)=O)CN12. The zero-order valence-corrected chi connectivity index (χ0v) is 11.9. The van der Waals surface area contributed by atoms with Crippen molar-refractivity contribution in [2.75, 3.05) is 12.8 Å². The van der Waals surface area contributed by atoms with E-state index in [1.54, 1.807) is 0 Å². The number of hydrogen-bond acceptors (Lipinski definition) is 5. The Balaban J connectivity index is 2.29. The summed E-state index contributed by atoms with van der Waals surface area (Å²) in [5.74, 6) is 0.882. The van der Waals surface area contributed by atoms with Gasteiger partial charge in [0.25, 0.3) is 0 Å². The van der Waals surface area contributed by atoms with Crippen LogP contribution in [0.15, 0.2) is 16.3 Å². The van der Waals surface area contributed by atoms with Crippen molar-refractivity contribution in [3.8, 4) is 0 Å². The molecule has 0 unspecified atom stereocenters. The van der Waals surface area contributed by atoms with E-state index in [9.17, 15) is 13.6 Å². The van der Waals surface area contributed by atoms with Gasteiger partial charge in [0.1, 0.15) is 5.84 Å². The molecule has 0 bridgehead atoms. The third kappa shape index (κ3) is 2.17. The normalized spacial score (nSPS) is 28.8. The number of amidine groups is 1. The molecule has 2 heterocycles. The standard InChI is InChI=1S/C11H19N3O3S/c1-7-8(2)12-9(3)13-6-10(5-11(7)13)14(15)18(4,16)17/h8,10,15H,5-6H2,1-4H3/t8-,10-/m0/s1. The second kappa shape index (κ2) is 4.32. The first-order chi connectivity index (χ1) is 8.21. The fraction of sp³-hybridized carbons (Fsp3) is 0.727. The zero-order valence-electron chi connectivity index (χ0n) is 11.1. The summed E-state index contributed by atoms with van der Waals surface area (Å²) in [4.78, 5) is 6.49. The molecule has 2 aliphatic heterocycles. The fourth-order valence-corrected chi connectivity index (χ4v) is 3.21. The molecule has 102 valence electrons. The lowest BCUT2D eigenvalue weighted by Gasteiger charge is -2.28. The van der Waals surface area contributed by atoms with Crippen molar-refractivity contribution in [3.05, 3.63) is 11.3 Å². The van der Waals surface area contributed by atoms with Crippen LogP contribution in [0.3, 0.4) is 0 Å². The van der Waals surface area contributed by atoms with Crippen LogP contribution < -0.4 is 0 Å². The van der Waals surface area contributed by atoms with E-state index in [0.29, 0.717) is 17.4 Å². The van der Waals surface area contributed by atoms with Crippen molar-refractivity contribution < 1.29 is 13.6 Å². The Labute approximate surface area is 108 Å². The van der Waals surface area contributed by atoms with Gasteiger partial charge in [0, 0.05) is 18.7 Å². The summed E-state index contributed by atoms with van der Waals surface area (Å²) in [6.45, 7) is 6.39. The summed E-state index contributed by atoms with van der Waals surface area (Å²) in [6, 6.07) is -0.305. The van der Waals surface area contributed by atoms with Gasteiger partial charge in [-0.3, -0.25) is 10.2 Å². The van der Waals surface area contributed by atoms with Crippen LogP contribution in [0, 0.1) is 0 Å². The van der Waals surface area contributed by atoms with Gasteiger partial charge in [-0.1, -0.05) is 4.47 Å². The molecule has 2 atom stereocenters. The summed E-state index contributed by atoms with van der Waals surface area (Å²) >= 11 is 0. The van der Waals surface area contributed by atoms with Crippen molar-refractivity contribution in [1.29, 1.82) is 0 Å². The van der Waals surface area contributed by atoms with Crippen LogP contribution in [0.2, 0.25) is 0 Å². The van der Waals surface area contributed by atoms with Crippen LogP contribution in [-0.4, -0.2) is 53.7 Å². The lowest BCUT2D eigenvalue weighted by molar-refractivity contribution is -0.0298. The first-order valence-corrected chi connectivity index (χ1v) is 7.76. The third-order valence-electron chi connectivity index (χ3n) is 3.65. The van der Waals surface area contributed by atoms with Crippen LogP contribution >= 0.6 is 0 Å². The minimum atomic E-state index is -3.58. The van der Waals surface area contributed by atoms with E-state index in [-0.39, 0.29) is 6.04 Å². The first kappa shape index (κ1) is 13.5. The van der Waals surface area contributed by atoms with Crippen molar-refractivity contribution in [3.63, 3.8) is 0 Å². The summed E-state index contributed by atoms with van der Waals surface area (Å²) in [6.07, 6.45) is 1.54. The van der Waals surface area contributed by atoms with E-state index in [1.165, 1.54) is 0 Å². The van der Waals surface area contributed by atoms with Crippen LogP contribution in [0.25, 0.3) is 0 Å². The Hall–Kier alpha value is -0.920. The van der Waals surface area contributed by atoms with E-state index in [2.05, 4.69) is 4.99 Å². The molecule has 18 heavy (non-hydrogen) atoms. The molecular weight excluding hydrogens is 254 g/mol. The topological polar surface area (TPSA) is 73.2 Å². The van der Waals surface area contributed by atoms with E-state index in [0.717, 1.165) is 23.4 Å². The second-order valence-corrected chi connectivity index (χ2v) is 6.83. The number of fused-ring (bicyclic) bond motifs is 1. The largest absolute Gasteiger partial charge is 0.332 e. The third-order valence-corrected chi connectivity index (χ3v) is 4.63. The van der Waals surface area contributed by atoms with Gasteiger partial charge < -0.3 is 4.90 Å². The smallest absolute Gasteiger partial charge is 0.233 e. The van der Waals surface area contributed by atoms with E-state index < -0.39 is 16.1 Å². The zero-order chi connectivity index (χ0) is 13.7. The molecule has 1 fully saturated rings. The van der Waals surface area contributed by atoms with E-state index in [4.69, 9.17) is 0 Å². The molecule has 0 amide bonds. The minimum Gasteiger partial charge on any atom is -0.332 e. The average molecular weight is 273 g/mol. The fourth-order valence-electron chi connectivity index (χ4n) is 2.53. The summed E-state index contributed by atoms with van der Waals surface area (Å²) in [5, 5.41) is 9.73. The lowest BCUT2D eigenvalue weighted by Crippen LogP contribution is -2.40. The maximum Gasteiger partial charge on any atom is 0.233 e. The molecule has 7 heteroatoms. The number of aliphatic imine (C=N–C) groups is 1. The molecule has 0 saturated carbocycles. The van der Waals surface area contributed by atoms with Gasteiger partial charge >= 0.3 is 0 Å². The van der Waals surface area contributed by atoms with E-state index >= 15 is 0 Å². The average Bonchev–Trinajstić information content (AvgIpc) is 2.69. The van der Waals surface area contributed by atoms with E-state index in [1.807, 2.05) is 25.7 Å². The Kier molecular flexibility index (Phi) is 3.25. The van der Waals surface area contributed by atoms with Crippen LogP contribution in [0.5, 0.6) is 0 Å². The molecule has 0 radical (unpaired) electrons. The summed E-state index contributed by atoms with van der Waals surface area (Å²) < 4.78 is 23.2. The van der Waals surface area contributed by atoms with Gasteiger partial charge in [-0.25, -0.2) is 8.42 Å². The lowest BCUT2D eigenvalue weighted by atomic mass is 10.0. The number of sulfonamides is 1. The molecular formula is C11H19N3O3S. The Bertz CT molecular complexity index is 524. The Morgan fingerprint density at radius 3 is 2.61 bits per heavy atom. The highest BCUT2D eigenvalue weighted by molar-refractivity contribution is 7.88. The van der Waals surface area contributed by atoms with Crippen molar-refractivity contribution in [1.82, 2.24) is 9.37 Å². The predicted molar refractivity (Wildman–Crippen MR) is 68.9 cm³/mol. The number of hydrogen-bond donors (Lipinski definition) is 1. The number of hydroxylamine groups is 1. The number of nitrogens with zero attached hydrogens (tertiary/aromatic N) is 3. The highest BCUT2D eigenvalue weighted by atomic mass is 32.2. The summed E-state index contributed by atoms with van der Waals surface area (Å²) in [5.41, 5.74) is 2.23. The van der Waals surface area contributed by atoms with Crippen LogP contribution in [0.1, 0.15) is 27.2 Å². The Morgan fingerprint density at radius 1 is 1.44 bits per heavy atom. The van der Waals surface area contributed by atoms with Gasteiger partial charge in [-0.05, 0) is 26.3 Å². The van der Waals surface area contributed by atoms with Crippen molar-refractivity contribution in [2.24, 2.45) is 4.99 Å². The molecule has 2 aliphatic rings. The maximum absolute atomic E-state index is 11.4. The predicted octanol–water partition coefficient (Wildman–Crippen LogP) is 0.806. The monoisotopic (exact) mass is 273 g/mol. The molecule has 0 aromatic carbocycles. The molecule has 2 rings (SSSR count). The maximum atomic E-state index is 11.4. The molecule has 0 aromatic rings. The molecule has 0 aromatic heterocycles. The molecule has 0 spiro atoms. The van der Waals surface area contributed by atoms with Gasteiger partial charge in [-0.15, -0.1) is 0 Å². The van der Waals surface area contributed by atoms with Gasteiger partial charge in [0.15, 0.2) is 0 Å². The van der Waals surface area contributed by atoms with Gasteiger partial charge in [0.2, 0.25) is 10.0 Å². The minimum absolute atomic E-state index is 0.125. The summed E-state index contributed by atoms with van der Waals surface area (Å²) in [7, 11) is -3.58. The van der Waals surface area contributed by atoms with Crippen LogP contribution in [0.4, 0.5) is 0 Å². The molecule has 1 saturated heterocycles. The quantitative estimate of drug-likeness (QED) is 0.756. The molecule has 1 N–H and O–H groups in total. The molecule has 6 nitrogen and oxygen atoms in total. The van der Waals surface area contributed by atoms with Crippen molar-refractivity contribution in [2.45, 2.75) is 39.3 Å². The van der Waals surface area contributed by atoms with Gasteiger partial charge in [0.05, 0.1) is 18.3 Å². The number of rotatable bonds is 2.